The number of amides is 2. The predicted octanol–water partition coefficient (Wildman–Crippen LogP) is 3.25. The lowest BCUT2D eigenvalue weighted by Crippen LogP contribution is -2.43. The Kier molecular flexibility index (Phi) is 4.21. The van der Waals surface area contributed by atoms with Crippen molar-refractivity contribution in [1.29, 1.82) is 0 Å². The number of hydrogen-bond acceptors (Lipinski definition) is 3. The second kappa shape index (κ2) is 5.97. The maximum Gasteiger partial charge on any atom is 0.313 e. The van der Waals surface area contributed by atoms with Crippen molar-refractivity contribution in [3.63, 3.8) is 0 Å². The predicted molar refractivity (Wildman–Crippen MR) is 96.3 cm³/mol. The van der Waals surface area contributed by atoms with Gasteiger partial charge >= 0.3 is 11.8 Å². The third-order valence-electron chi connectivity index (χ3n) is 5.42. The molecule has 1 aromatic carbocycles. The highest BCUT2D eigenvalue weighted by atomic mass is 16.2. The minimum absolute atomic E-state index is 0.0332. The summed E-state index contributed by atoms with van der Waals surface area (Å²) >= 11 is 0. The summed E-state index contributed by atoms with van der Waals surface area (Å²) in [5, 5.41) is 2.66. The van der Waals surface area contributed by atoms with Gasteiger partial charge in [-0.3, -0.25) is 14.4 Å². The largest absolute Gasteiger partial charge is 0.331 e. The Morgan fingerprint density at radius 1 is 1.08 bits per heavy atom. The molecule has 2 atom stereocenters. The molecular weight excluding hydrogens is 316 g/mol. The van der Waals surface area contributed by atoms with Gasteiger partial charge in [0, 0.05) is 23.8 Å². The molecule has 25 heavy (non-hydrogen) atoms. The van der Waals surface area contributed by atoms with Crippen LogP contribution in [0.4, 0.5) is 5.69 Å². The summed E-state index contributed by atoms with van der Waals surface area (Å²) < 4.78 is 0. The zero-order chi connectivity index (χ0) is 18.4. The molecule has 5 nitrogen and oxygen atoms in total. The van der Waals surface area contributed by atoms with Crippen LogP contribution in [0.5, 0.6) is 0 Å². The van der Waals surface area contributed by atoms with E-state index in [1.165, 1.54) is 6.92 Å². The van der Waals surface area contributed by atoms with Gasteiger partial charge in [-0.05, 0) is 61.3 Å². The van der Waals surface area contributed by atoms with Crippen molar-refractivity contribution in [3.8, 4) is 0 Å². The Bertz CT molecular complexity index is 723. The zero-order valence-corrected chi connectivity index (χ0v) is 15.4. The molecule has 0 radical (unpaired) electrons. The molecule has 3 rings (SSSR count). The Morgan fingerprint density at radius 2 is 1.72 bits per heavy atom. The van der Waals surface area contributed by atoms with Crippen LogP contribution in [0.15, 0.2) is 24.3 Å². The third kappa shape index (κ3) is 3.60. The number of hydrogen-bond donors (Lipinski definition) is 1. The van der Waals surface area contributed by atoms with E-state index in [2.05, 4.69) is 26.1 Å². The smallest absolute Gasteiger partial charge is 0.313 e. The van der Waals surface area contributed by atoms with Crippen molar-refractivity contribution in [1.82, 2.24) is 4.90 Å². The topological polar surface area (TPSA) is 66.5 Å². The van der Waals surface area contributed by atoms with Crippen LogP contribution in [-0.4, -0.2) is 35.1 Å². The van der Waals surface area contributed by atoms with E-state index in [9.17, 15) is 14.4 Å². The van der Waals surface area contributed by atoms with Crippen molar-refractivity contribution in [2.75, 3.05) is 11.9 Å². The summed E-state index contributed by atoms with van der Waals surface area (Å²) in [6.07, 6.45) is 2.99. The van der Waals surface area contributed by atoms with E-state index in [0.29, 0.717) is 17.8 Å². The van der Waals surface area contributed by atoms with Crippen LogP contribution in [0.3, 0.4) is 0 Å². The van der Waals surface area contributed by atoms with E-state index in [0.717, 1.165) is 19.3 Å². The van der Waals surface area contributed by atoms with Crippen LogP contribution in [0.2, 0.25) is 0 Å². The van der Waals surface area contributed by atoms with Crippen LogP contribution in [0.25, 0.3) is 0 Å². The van der Waals surface area contributed by atoms with Gasteiger partial charge < -0.3 is 10.2 Å². The van der Waals surface area contributed by atoms with Gasteiger partial charge in [0.2, 0.25) is 0 Å². The third-order valence-corrected chi connectivity index (χ3v) is 5.42. The lowest BCUT2D eigenvalue weighted by Gasteiger charge is -2.39. The highest BCUT2D eigenvalue weighted by Crippen LogP contribution is 2.52. The number of anilines is 1. The molecule has 2 fully saturated rings. The summed E-state index contributed by atoms with van der Waals surface area (Å²) in [4.78, 5) is 38.1. The van der Waals surface area contributed by atoms with Gasteiger partial charge in [-0.2, -0.15) is 0 Å². The number of Topliss-reactive ketones (excluding diaryl/α,β-unsaturated/α-hetero) is 1. The molecule has 1 N–H and O–H groups in total. The van der Waals surface area contributed by atoms with E-state index in [4.69, 9.17) is 0 Å². The second-order valence-corrected chi connectivity index (χ2v) is 8.73. The Labute approximate surface area is 148 Å². The highest BCUT2D eigenvalue weighted by molar-refractivity contribution is 6.39. The zero-order valence-electron chi connectivity index (χ0n) is 15.4. The van der Waals surface area contributed by atoms with Crippen molar-refractivity contribution in [3.05, 3.63) is 29.8 Å². The van der Waals surface area contributed by atoms with Gasteiger partial charge in [0.05, 0.1) is 0 Å². The number of nitrogens with zero attached hydrogens (tertiary/aromatic N) is 1. The summed E-state index contributed by atoms with van der Waals surface area (Å²) in [5.74, 6) is -1.10. The van der Waals surface area contributed by atoms with E-state index in [1.54, 1.807) is 29.2 Å². The molecule has 2 unspecified atom stereocenters. The molecule has 134 valence electrons. The van der Waals surface area contributed by atoms with Gasteiger partial charge in [-0.25, -0.2) is 0 Å². The fourth-order valence-corrected chi connectivity index (χ4v) is 4.80. The van der Waals surface area contributed by atoms with Crippen LogP contribution in [0.1, 0.15) is 57.3 Å². The van der Waals surface area contributed by atoms with E-state index < -0.39 is 11.8 Å². The first-order chi connectivity index (χ1) is 11.6. The first-order valence-electron chi connectivity index (χ1n) is 8.82. The number of likely N-dealkylation sites (tertiary alicyclic amines) is 1. The molecule has 1 heterocycles. The molecule has 1 saturated carbocycles. The number of rotatable bonds is 2. The first-order valence-corrected chi connectivity index (χ1v) is 8.82. The van der Waals surface area contributed by atoms with Crippen molar-refractivity contribution in [2.45, 2.75) is 53.0 Å². The average molecular weight is 342 g/mol. The fraction of sp³-hybridized carbons (Fsp3) is 0.550. The molecular formula is C20H26N2O3. The van der Waals surface area contributed by atoms with Crippen LogP contribution >= 0.6 is 0 Å². The summed E-state index contributed by atoms with van der Waals surface area (Å²) in [7, 11) is 0. The van der Waals surface area contributed by atoms with Gasteiger partial charge in [0.1, 0.15) is 0 Å². The van der Waals surface area contributed by atoms with E-state index in [-0.39, 0.29) is 22.7 Å². The number of fused-ring (bicyclic) bond motifs is 2. The number of carbonyl (C=O) groups excluding carboxylic acids is 3. The second-order valence-electron chi connectivity index (χ2n) is 8.73. The van der Waals surface area contributed by atoms with Crippen LogP contribution in [-0.2, 0) is 9.59 Å². The molecule has 1 aliphatic carbocycles. The lowest BCUT2D eigenvalue weighted by atomic mass is 9.65. The molecule has 0 aromatic heterocycles. The number of carbonyl (C=O) groups is 3. The van der Waals surface area contributed by atoms with Gasteiger partial charge in [0.25, 0.3) is 0 Å². The Hall–Kier alpha value is -2.17. The van der Waals surface area contributed by atoms with Crippen molar-refractivity contribution < 1.29 is 14.4 Å². The Morgan fingerprint density at radius 3 is 2.32 bits per heavy atom. The molecule has 1 saturated heterocycles. The van der Waals surface area contributed by atoms with Crippen molar-refractivity contribution >= 4 is 23.3 Å². The average Bonchev–Trinajstić information content (AvgIpc) is 2.76. The summed E-state index contributed by atoms with van der Waals surface area (Å²) in [6, 6.07) is 6.74. The normalized spacial score (nSPS) is 27.0. The number of ketones is 1. The quantitative estimate of drug-likeness (QED) is 0.663. The highest BCUT2D eigenvalue weighted by Gasteiger charge is 2.51. The monoisotopic (exact) mass is 342 g/mol. The first kappa shape index (κ1) is 17.6. The molecule has 1 aliphatic heterocycles. The maximum absolute atomic E-state index is 12.7. The van der Waals surface area contributed by atoms with Gasteiger partial charge in [-0.15, -0.1) is 0 Å². The van der Waals surface area contributed by atoms with E-state index >= 15 is 0 Å². The molecule has 2 amide bonds. The molecule has 5 heteroatoms. The SMILES string of the molecule is CC(=O)c1ccc(NC(=O)C(=O)N2CC3(C)CC2CC(C)(C)C3)cc1. The minimum Gasteiger partial charge on any atom is -0.331 e. The minimum atomic E-state index is -0.607. The summed E-state index contributed by atoms with van der Waals surface area (Å²) in [5.41, 5.74) is 1.40. The molecule has 2 aliphatic rings. The number of nitrogens with one attached hydrogen (secondary N) is 1. The Balaban J connectivity index is 1.69. The standard InChI is InChI=1S/C20H26N2O3/c1-13(23)14-5-7-15(8-6-14)21-17(24)18(25)22-12-20(4)10-16(22)9-19(2,3)11-20/h5-8,16H,9-12H2,1-4H3,(H,21,24). The lowest BCUT2D eigenvalue weighted by molar-refractivity contribution is -0.144. The van der Waals surface area contributed by atoms with E-state index in [1.807, 2.05) is 0 Å². The fourth-order valence-electron chi connectivity index (χ4n) is 4.80. The summed E-state index contributed by atoms with van der Waals surface area (Å²) in [6.45, 7) is 8.83. The molecule has 0 spiro atoms. The van der Waals surface area contributed by atoms with Crippen LogP contribution < -0.4 is 5.32 Å². The van der Waals surface area contributed by atoms with Gasteiger partial charge in [-0.1, -0.05) is 20.8 Å². The van der Waals surface area contributed by atoms with Crippen LogP contribution in [0, 0.1) is 10.8 Å². The van der Waals surface area contributed by atoms with Gasteiger partial charge in [0.15, 0.2) is 5.78 Å². The van der Waals surface area contributed by atoms with Crippen molar-refractivity contribution in [2.24, 2.45) is 10.8 Å². The molecule has 1 aromatic rings. The maximum atomic E-state index is 12.7. The number of benzene rings is 1. The molecule has 2 bridgehead atoms.